The van der Waals surface area contributed by atoms with Gasteiger partial charge in [-0.1, -0.05) is 6.07 Å². The molecule has 2 aromatic heterocycles. The van der Waals surface area contributed by atoms with Crippen molar-refractivity contribution < 1.29 is 4.42 Å². The number of pyridine rings is 1. The van der Waals surface area contributed by atoms with Gasteiger partial charge in [0, 0.05) is 5.69 Å². The number of nitrogens with zero attached hydrogens (tertiary/aromatic N) is 1. The van der Waals surface area contributed by atoms with E-state index in [4.69, 9.17) is 4.42 Å². The van der Waals surface area contributed by atoms with Crippen LogP contribution in [-0.2, 0) is 0 Å². The molecule has 0 aromatic carbocycles. The van der Waals surface area contributed by atoms with E-state index < -0.39 is 0 Å². The molecule has 0 aliphatic carbocycles. The van der Waals surface area contributed by atoms with Crippen molar-refractivity contribution in [2.45, 2.75) is 13.0 Å². The van der Waals surface area contributed by atoms with Gasteiger partial charge < -0.3 is 9.73 Å². The molecule has 3 nitrogen and oxygen atoms in total. The van der Waals surface area contributed by atoms with Gasteiger partial charge in [-0.15, -0.1) is 0 Å². The zero-order valence-electron chi connectivity index (χ0n) is 9.20. The second kappa shape index (κ2) is 4.80. The third-order valence-corrected chi connectivity index (χ3v) is 3.06. The lowest BCUT2D eigenvalue weighted by Crippen LogP contribution is -2.18. The van der Waals surface area contributed by atoms with Gasteiger partial charge in [0.1, 0.15) is 11.8 Å². The van der Waals surface area contributed by atoms with Crippen molar-refractivity contribution in [3.05, 3.63) is 52.1 Å². The summed E-state index contributed by atoms with van der Waals surface area (Å²) in [6.07, 6.45) is 1.67. The smallest absolute Gasteiger partial charge is 0.140 e. The summed E-state index contributed by atoms with van der Waals surface area (Å²) in [6, 6.07) is 7.83. The largest absolute Gasteiger partial charge is 0.466 e. The first-order valence-electron chi connectivity index (χ1n) is 5.06. The van der Waals surface area contributed by atoms with E-state index in [-0.39, 0.29) is 6.04 Å². The third-order valence-electron chi connectivity index (χ3n) is 2.40. The van der Waals surface area contributed by atoms with E-state index in [1.807, 2.05) is 38.2 Å². The zero-order valence-corrected chi connectivity index (χ0v) is 10.8. The topological polar surface area (TPSA) is 38.1 Å². The Balaban J connectivity index is 2.40. The Morgan fingerprint density at radius 3 is 2.75 bits per heavy atom. The molecule has 0 aliphatic rings. The number of aryl methyl sites for hydroxylation is 1. The fraction of sp³-hybridized carbons (Fsp3) is 0.250. The summed E-state index contributed by atoms with van der Waals surface area (Å²) >= 11 is 3.46. The van der Waals surface area contributed by atoms with E-state index in [0.29, 0.717) is 0 Å². The fourth-order valence-corrected chi connectivity index (χ4v) is 2.08. The van der Waals surface area contributed by atoms with Crippen LogP contribution >= 0.6 is 15.9 Å². The molecule has 2 rings (SSSR count). The third kappa shape index (κ3) is 2.18. The van der Waals surface area contributed by atoms with Crippen molar-refractivity contribution in [2.24, 2.45) is 0 Å². The average Bonchev–Trinajstić information content (AvgIpc) is 2.67. The summed E-state index contributed by atoms with van der Waals surface area (Å²) in [6.45, 7) is 1.98. The molecule has 0 saturated carbocycles. The Kier molecular flexibility index (Phi) is 3.41. The molecule has 4 heteroatoms. The van der Waals surface area contributed by atoms with Gasteiger partial charge in [0.2, 0.25) is 0 Å². The average molecular weight is 281 g/mol. The summed E-state index contributed by atoms with van der Waals surface area (Å²) in [4.78, 5) is 4.50. The lowest BCUT2D eigenvalue weighted by Gasteiger charge is -2.14. The molecule has 16 heavy (non-hydrogen) atoms. The van der Waals surface area contributed by atoms with E-state index in [0.717, 1.165) is 21.6 Å². The van der Waals surface area contributed by atoms with Crippen LogP contribution in [0.1, 0.15) is 23.2 Å². The monoisotopic (exact) mass is 280 g/mol. The van der Waals surface area contributed by atoms with E-state index in [2.05, 4.69) is 26.2 Å². The minimum absolute atomic E-state index is 0.0238. The van der Waals surface area contributed by atoms with Crippen molar-refractivity contribution in [1.82, 2.24) is 10.3 Å². The molecule has 2 aromatic rings. The first-order chi connectivity index (χ1) is 7.72. The molecular formula is C12H13BrN2O. The van der Waals surface area contributed by atoms with Crippen LogP contribution in [0.15, 0.2) is 39.4 Å². The Labute approximate surface area is 103 Å². The van der Waals surface area contributed by atoms with E-state index in [1.54, 1.807) is 6.26 Å². The lowest BCUT2D eigenvalue weighted by molar-refractivity contribution is 0.456. The van der Waals surface area contributed by atoms with Crippen molar-refractivity contribution in [2.75, 3.05) is 7.05 Å². The number of rotatable bonds is 3. The van der Waals surface area contributed by atoms with Crippen molar-refractivity contribution in [3.8, 4) is 0 Å². The van der Waals surface area contributed by atoms with Crippen molar-refractivity contribution in [1.29, 1.82) is 0 Å². The number of halogens is 1. The van der Waals surface area contributed by atoms with Gasteiger partial charge >= 0.3 is 0 Å². The van der Waals surface area contributed by atoms with Gasteiger partial charge in [0.25, 0.3) is 0 Å². The molecule has 0 amide bonds. The van der Waals surface area contributed by atoms with Crippen LogP contribution in [0.25, 0.3) is 0 Å². The van der Waals surface area contributed by atoms with E-state index in [1.165, 1.54) is 0 Å². The highest BCUT2D eigenvalue weighted by Crippen LogP contribution is 2.28. The van der Waals surface area contributed by atoms with Crippen LogP contribution in [0, 0.1) is 6.92 Å². The summed E-state index contributed by atoms with van der Waals surface area (Å²) in [5.41, 5.74) is 1.96. The van der Waals surface area contributed by atoms with Crippen LogP contribution in [0.5, 0.6) is 0 Å². The van der Waals surface area contributed by atoms with Crippen molar-refractivity contribution >= 4 is 15.9 Å². The van der Waals surface area contributed by atoms with Crippen LogP contribution < -0.4 is 5.32 Å². The molecule has 2 heterocycles. The summed E-state index contributed by atoms with van der Waals surface area (Å²) in [5, 5.41) is 3.20. The number of furan rings is 1. The minimum atomic E-state index is -0.0238. The molecule has 0 fully saturated rings. The van der Waals surface area contributed by atoms with Crippen LogP contribution in [-0.4, -0.2) is 12.0 Å². The highest BCUT2D eigenvalue weighted by molar-refractivity contribution is 9.10. The van der Waals surface area contributed by atoms with Gasteiger partial charge in [0.05, 0.1) is 16.4 Å². The van der Waals surface area contributed by atoms with Gasteiger partial charge in [0.15, 0.2) is 0 Å². The summed E-state index contributed by atoms with van der Waals surface area (Å²) in [7, 11) is 1.89. The van der Waals surface area contributed by atoms with Gasteiger partial charge in [-0.25, -0.2) is 0 Å². The number of hydrogen-bond donors (Lipinski definition) is 1. The molecule has 0 spiro atoms. The molecule has 0 saturated heterocycles. The maximum Gasteiger partial charge on any atom is 0.140 e. The Bertz CT molecular complexity index is 481. The molecule has 0 aliphatic heterocycles. The van der Waals surface area contributed by atoms with E-state index in [9.17, 15) is 0 Å². The Morgan fingerprint density at radius 2 is 2.19 bits per heavy atom. The quantitative estimate of drug-likeness (QED) is 0.939. The molecule has 0 radical (unpaired) electrons. The fourth-order valence-electron chi connectivity index (χ4n) is 1.65. The SMILES string of the molecule is CNC(c1cccc(C)n1)c1occc1Br. The maximum atomic E-state index is 5.46. The van der Waals surface area contributed by atoms with Crippen LogP contribution in [0.4, 0.5) is 0 Å². The standard InChI is InChI=1S/C12H13BrN2O/c1-8-4-3-5-10(15-8)11(14-2)12-9(13)6-7-16-12/h3-7,11,14H,1-2H3. The molecule has 84 valence electrons. The number of aromatic nitrogens is 1. The summed E-state index contributed by atoms with van der Waals surface area (Å²) in [5.74, 6) is 0.848. The van der Waals surface area contributed by atoms with Crippen LogP contribution in [0.2, 0.25) is 0 Å². The zero-order chi connectivity index (χ0) is 11.5. The van der Waals surface area contributed by atoms with Crippen molar-refractivity contribution in [3.63, 3.8) is 0 Å². The van der Waals surface area contributed by atoms with Gasteiger partial charge in [-0.05, 0) is 48.1 Å². The first kappa shape index (κ1) is 11.4. The van der Waals surface area contributed by atoms with E-state index >= 15 is 0 Å². The Hall–Kier alpha value is -1.13. The number of nitrogens with one attached hydrogen (secondary N) is 1. The first-order valence-corrected chi connectivity index (χ1v) is 5.85. The second-order valence-electron chi connectivity index (χ2n) is 3.56. The lowest BCUT2D eigenvalue weighted by atomic mass is 10.1. The normalized spacial score (nSPS) is 12.7. The predicted molar refractivity (Wildman–Crippen MR) is 66.3 cm³/mol. The highest BCUT2D eigenvalue weighted by atomic mass is 79.9. The number of hydrogen-bond acceptors (Lipinski definition) is 3. The van der Waals surface area contributed by atoms with Gasteiger partial charge in [-0.2, -0.15) is 0 Å². The second-order valence-corrected chi connectivity index (χ2v) is 4.41. The molecule has 1 atom stereocenters. The van der Waals surface area contributed by atoms with Gasteiger partial charge in [-0.3, -0.25) is 4.98 Å². The minimum Gasteiger partial charge on any atom is -0.466 e. The van der Waals surface area contributed by atoms with Crippen LogP contribution in [0.3, 0.4) is 0 Å². The molecular weight excluding hydrogens is 268 g/mol. The molecule has 1 unspecified atom stereocenters. The molecule has 1 N–H and O–H groups in total. The molecule has 0 bridgehead atoms. The maximum absolute atomic E-state index is 5.46. The Morgan fingerprint density at radius 1 is 1.38 bits per heavy atom. The summed E-state index contributed by atoms with van der Waals surface area (Å²) < 4.78 is 6.42. The predicted octanol–water partition coefficient (Wildman–Crippen LogP) is 3.05. The highest BCUT2D eigenvalue weighted by Gasteiger charge is 2.19.